The number of carbonyl (C=O) groups excluding carboxylic acids is 2. The van der Waals surface area contributed by atoms with E-state index in [0.29, 0.717) is 22.2 Å². The van der Waals surface area contributed by atoms with Gasteiger partial charge in [0.25, 0.3) is 5.91 Å². The average molecular weight is 376 g/mol. The van der Waals surface area contributed by atoms with E-state index in [-0.39, 0.29) is 0 Å². The van der Waals surface area contributed by atoms with Crippen molar-refractivity contribution in [3.05, 3.63) is 59.1 Å². The van der Waals surface area contributed by atoms with Crippen LogP contribution in [0.15, 0.2) is 48.5 Å². The number of benzene rings is 2. The Morgan fingerprint density at radius 1 is 1.08 bits per heavy atom. The molecule has 0 saturated carbocycles. The van der Waals surface area contributed by atoms with Gasteiger partial charge in [-0.3, -0.25) is 4.79 Å². The molecule has 6 nitrogen and oxygen atoms in total. The third kappa shape index (κ3) is 5.53. The van der Waals surface area contributed by atoms with Gasteiger partial charge in [0.05, 0.1) is 24.9 Å². The van der Waals surface area contributed by atoms with Crippen molar-refractivity contribution in [1.29, 1.82) is 0 Å². The third-order valence-corrected chi connectivity index (χ3v) is 3.64. The van der Waals surface area contributed by atoms with Gasteiger partial charge in [-0.15, -0.1) is 0 Å². The molecule has 0 aliphatic rings. The van der Waals surface area contributed by atoms with Gasteiger partial charge in [-0.1, -0.05) is 29.8 Å². The van der Waals surface area contributed by atoms with Crippen molar-refractivity contribution in [2.24, 2.45) is 0 Å². The molecular formula is C19H18ClNO5. The van der Waals surface area contributed by atoms with E-state index in [1.165, 1.54) is 13.2 Å². The zero-order valence-electron chi connectivity index (χ0n) is 14.3. The largest absolute Gasteiger partial charge is 0.493 e. The normalized spacial score (nSPS) is 10.4. The molecule has 1 N–H and O–H groups in total. The second-order valence-electron chi connectivity index (χ2n) is 5.08. The van der Waals surface area contributed by atoms with Gasteiger partial charge in [-0.25, -0.2) is 4.79 Å². The number of methoxy groups -OCH3 is 2. The topological polar surface area (TPSA) is 73.9 Å². The maximum absolute atomic E-state index is 11.8. The summed E-state index contributed by atoms with van der Waals surface area (Å²) in [4.78, 5) is 23.5. The highest BCUT2D eigenvalue weighted by molar-refractivity contribution is 6.33. The number of hydrogen-bond acceptors (Lipinski definition) is 5. The summed E-state index contributed by atoms with van der Waals surface area (Å²) in [5.41, 5.74) is 1.18. The quantitative estimate of drug-likeness (QED) is 0.591. The van der Waals surface area contributed by atoms with Crippen molar-refractivity contribution in [1.82, 2.24) is 0 Å². The Hall–Kier alpha value is -2.99. The maximum atomic E-state index is 11.8. The van der Waals surface area contributed by atoms with E-state index in [1.54, 1.807) is 55.7 Å². The molecule has 0 aliphatic carbocycles. The fraction of sp³-hybridized carbons (Fsp3) is 0.158. The summed E-state index contributed by atoms with van der Waals surface area (Å²) >= 11 is 5.94. The molecule has 0 aliphatic heterocycles. The molecule has 0 fully saturated rings. The molecule has 0 bridgehead atoms. The lowest BCUT2D eigenvalue weighted by Gasteiger charge is -2.08. The van der Waals surface area contributed by atoms with E-state index in [9.17, 15) is 9.59 Å². The predicted molar refractivity (Wildman–Crippen MR) is 99.6 cm³/mol. The number of amides is 1. The number of halogens is 1. The van der Waals surface area contributed by atoms with E-state index >= 15 is 0 Å². The zero-order chi connectivity index (χ0) is 18.9. The van der Waals surface area contributed by atoms with Crippen molar-refractivity contribution >= 4 is 35.2 Å². The summed E-state index contributed by atoms with van der Waals surface area (Å²) in [7, 11) is 3.07. The van der Waals surface area contributed by atoms with Crippen LogP contribution in [0.4, 0.5) is 5.69 Å². The number of nitrogens with one attached hydrogen (secondary N) is 1. The third-order valence-electron chi connectivity index (χ3n) is 3.31. The molecular weight excluding hydrogens is 358 g/mol. The molecule has 0 unspecified atom stereocenters. The average Bonchev–Trinajstić information content (AvgIpc) is 2.66. The summed E-state index contributed by atoms with van der Waals surface area (Å²) in [6, 6.07) is 12.0. The van der Waals surface area contributed by atoms with E-state index < -0.39 is 18.5 Å². The van der Waals surface area contributed by atoms with Crippen LogP contribution in [0, 0.1) is 0 Å². The highest BCUT2D eigenvalue weighted by Gasteiger charge is 2.08. The molecule has 0 aromatic heterocycles. The summed E-state index contributed by atoms with van der Waals surface area (Å²) in [5, 5.41) is 2.97. The first-order chi connectivity index (χ1) is 12.5. The van der Waals surface area contributed by atoms with Crippen LogP contribution in [0.2, 0.25) is 5.02 Å². The highest BCUT2D eigenvalue weighted by Crippen LogP contribution is 2.28. The molecule has 1 amide bonds. The smallest absolute Gasteiger partial charge is 0.331 e. The van der Waals surface area contributed by atoms with Crippen molar-refractivity contribution in [2.75, 3.05) is 26.1 Å². The van der Waals surface area contributed by atoms with Gasteiger partial charge in [0, 0.05) is 6.08 Å². The summed E-state index contributed by atoms with van der Waals surface area (Å²) < 4.78 is 15.2. The molecule has 2 rings (SSSR count). The lowest BCUT2D eigenvalue weighted by Crippen LogP contribution is -2.20. The second kappa shape index (κ2) is 9.48. The molecule has 2 aromatic carbocycles. The molecule has 0 heterocycles. The number of anilines is 1. The van der Waals surface area contributed by atoms with Crippen LogP contribution in [-0.4, -0.2) is 32.7 Å². The van der Waals surface area contributed by atoms with Crippen LogP contribution in [0.5, 0.6) is 11.5 Å². The molecule has 0 spiro atoms. The predicted octanol–water partition coefficient (Wildman–Crippen LogP) is 3.55. The number of hydrogen-bond donors (Lipinski definition) is 1. The van der Waals surface area contributed by atoms with Crippen LogP contribution in [-0.2, 0) is 14.3 Å². The first-order valence-corrected chi connectivity index (χ1v) is 8.02. The van der Waals surface area contributed by atoms with Crippen LogP contribution >= 0.6 is 11.6 Å². The van der Waals surface area contributed by atoms with Gasteiger partial charge in [0.15, 0.2) is 18.1 Å². The molecule has 0 radical (unpaired) electrons. The Labute approximate surface area is 156 Å². The van der Waals surface area contributed by atoms with Gasteiger partial charge in [-0.05, 0) is 35.9 Å². The minimum absolute atomic E-state index is 0.403. The standard InChI is InChI=1S/C19H18ClNO5/c1-24-16-9-7-13(11-17(16)25-2)8-10-19(23)26-12-18(22)21-15-6-4-3-5-14(15)20/h3-11H,12H2,1-2H3,(H,21,22)/b10-8+. The van der Waals surface area contributed by atoms with Crippen LogP contribution in [0.25, 0.3) is 6.08 Å². The maximum Gasteiger partial charge on any atom is 0.331 e. The number of rotatable bonds is 7. The van der Waals surface area contributed by atoms with Gasteiger partial charge in [0.2, 0.25) is 0 Å². The molecule has 7 heteroatoms. The second-order valence-corrected chi connectivity index (χ2v) is 5.49. The lowest BCUT2D eigenvalue weighted by atomic mass is 10.2. The van der Waals surface area contributed by atoms with Crippen molar-refractivity contribution < 1.29 is 23.8 Å². The first kappa shape index (κ1) is 19.3. The lowest BCUT2D eigenvalue weighted by molar-refractivity contribution is -0.142. The summed E-state index contributed by atoms with van der Waals surface area (Å²) in [5.74, 6) is 0.00525. The first-order valence-electron chi connectivity index (χ1n) is 7.64. The van der Waals surface area contributed by atoms with E-state index in [2.05, 4.69) is 5.32 Å². The molecule has 0 atom stereocenters. The Balaban J connectivity index is 1.87. The van der Waals surface area contributed by atoms with Crippen molar-refractivity contribution in [2.45, 2.75) is 0 Å². The minimum Gasteiger partial charge on any atom is -0.493 e. The molecule has 0 saturated heterocycles. The Morgan fingerprint density at radius 3 is 2.50 bits per heavy atom. The van der Waals surface area contributed by atoms with Gasteiger partial charge < -0.3 is 19.5 Å². The van der Waals surface area contributed by atoms with E-state index in [0.717, 1.165) is 5.56 Å². The molecule has 136 valence electrons. The van der Waals surface area contributed by atoms with E-state index in [4.69, 9.17) is 25.8 Å². The zero-order valence-corrected chi connectivity index (χ0v) is 15.1. The van der Waals surface area contributed by atoms with Crippen LogP contribution in [0.3, 0.4) is 0 Å². The highest BCUT2D eigenvalue weighted by atomic mass is 35.5. The number of ether oxygens (including phenoxy) is 3. The van der Waals surface area contributed by atoms with Gasteiger partial charge in [0.1, 0.15) is 0 Å². The van der Waals surface area contributed by atoms with Gasteiger partial charge >= 0.3 is 5.97 Å². The minimum atomic E-state index is -0.644. The van der Waals surface area contributed by atoms with Crippen LogP contribution < -0.4 is 14.8 Å². The summed E-state index contributed by atoms with van der Waals surface area (Å²) in [6.07, 6.45) is 2.78. The van der Waals surface area contributed by atoms with Crippen molar-refractivity contribution in [3.8, 4) is 11.5 Å². The fourth-order valence-electron chi connectivity index (χ4n) is 2.05. The van der Waals surface area contributed by atoms with Crippen LogP contribution in [0.1, 0.15) is 5.56 Å². The number of para-hydroxylation sites is 1. The summed E-state index contributed by atoms with van der Waals surface area (Å²) in [6.45, 7) is -0.416. The number of esters is 1. The SMILES string of the molecule is COc1ccc(/C=C/C(=O)OCC(=O)Nc2ccccc2Cl)cc1OC. The Kier molecular flexibility index (Phi) is 7.05. The Morgan fingerprint density at radius 2 is 1.81 bits per heavy atom. The van der Waals surface area contributed by atoms with E-state index in [1.807, 2.05) is 0 Å². The molecule has 26 heavy (non-hydrogen) atoms. The Bertz CT molecular complexity index is 819. The number of carbonyl (C=O) groups is 2. The fourth-order valence-corrected chi connectivity index (χ4v) is 2.24. The molecule has 2 aromatic rings. The van der Waals surface area contributed by atoms with Crippen molar-refractivity contribution in [3.63, 3.8) is 0 Å². The monoisotopic (exact) mass is 375 g/mol. The van der Waals surface area contributed by atoms with Gasteiger partial charge in [-0.2, -0.15) is 0 Å².